The number of aliphatic imine (C=N–C) groups is 1. The summed E-state index contributed by atoms with van der Waals surface area (Å²) in [6, 6.07) is 8.83. The van der Waals surface area contributed by atoms with E-state index in [9.17, 15) is 13.6 Å². The van der Waals surface area contributed by atoms with Gasteiger partial charge in [-0.1, -0.05) is 32.1 Å². The Morgan fingerprint density at radius 1 is 1.11 bits per heavy atom. The van der Waals surface area contributed by atoms with Crippen molar-refractivity contribution in [2.45, 2.75) is 60.5 Å². The van der Waals surface area contributed by atoms with Crippen molar-refractivity contribution in [3.63, 3.8) is 0 Å². The van der Waals surface area contributed by atoms with Gasteiger partial charge in [-0.2, -0.15) is 0 Å². The molecule has 0 saturated heterocycles. The predicted molar refractivity (Wildman–Crippen MR) is 146 cm³/mol. The van der Waals surface area contributed by atoms with E-state index < -0.39 is 11.6 Å². The Bertz CT molecular complexity index is 1150. The highest BCUT2D eigenvalue weighted by atomic mass is 19.2. The molecule has 2 aromatic rings. The summed E-state index contributed by atoms with van der Waals surface area (Å²) in [5.74, 6) is -1.78. The van der Waals surface area contributed by atoms with Crippen molar-refractivity contribution in [3.8, 4) is 0 Å². The minimum Gasteiger partial charge on any atom is -0.360 e. The molecule has 0 aromatic heterocycles. The largest absolute Gasteiger partial charge is 0.360 e. The van der Waals surface area contributed by atoms with E-state index in [1.54, 1.807) is 25.3 Å². The van der Waals surface area contributed by atoms with E-state index in [1.165, 1.54) is 6.92 Å². The molecule has 1 amide bonds. The van der Waals surface area contributed by atoms with Gasteiger partial charge in [-0.15, -0.1) is 0 Å². The monoisotopic (exact) mass is 496 g/mol. The first kappa shape index (κ1) is 28.8. The molecule has 0 aliphatic carbocycles. The molecule has 0 aliphatic rings. The lowest BCUT2D eigenvalue weighted by atomic mass is 10.0. The number of hydrogen-bond acceptors (Lipinski definition) is 4. The maximum atomic E-state index is 14.4. The first-order valence-corrected chi connectivity index (χ1v) is 12.3. The molecule has 2 N–H and O–H groups in total. The summed E-state index contributed by atoms with van der Waals surface area (Å²) in [5, 5.41) is 6.42. The highest BCUT2D eigenvalue weighted by Gasteiger charge is 2.18. The highest BCUT2D eigenvalue weighted by Crippen LogP contribution is 2.23. The average molecular weight is 497 g/mol. The van der Waals surface area contributed by atoms with Gasteiger partial charge in [0.2, 0.25) is 0 Å². The minimum atomic E-state index is -0.868. The molecule has 0 bridgehead atoms. The summed E-state index contributed by atoms with van der Waals surface area (Å²) < 4.78 is 28.4. The van der Waals surface area contributed by atoms with Gasteiger partial charge in [0.05, 0.1) is 5.71 Å². The van der Waals surface area contributed by atoms with Crippen molar-refractivity contribution in [2.24, 2.45) is 4.99 Å². The number of halogens is 2. The zero-order valence-corrected chi connectivity index (χ0v) is 22.4. The number of nitrogens with zero attached hydrogens (tertiary/aromatic N) is 2. The molecule has 1 unspecified atom stereocenters. The molecule has 2 rings (SSSR count). The Labute approximate surface area is 214 Å². The van der Waals surface area contributed by atoms with Crippen molar-refractivity contribution >= 4 is 22.9 Å². The van der Waals surface area contributed by atoms with Crippen LogP contribution in [0.25, 0.3) is 5.57 Å². The molecule has 7 heteroatoms. The number of anilines is 1. The molecule has 0 heterocycles. The molecular formula is C29H38F2N4O. The average Bonchev–Trinajstić information content (AvgIpc) is 2.87. The number of allylic oxidation sites excluding steroid dienone is 2. The zero-order chi connectivity index (χ0) is 26.8. The quantitative estimate of drug-likeness (QED) is 0.269. The molecule has 0 spiro atoms. The molecule has 2 aromatic carbocycles. The van der Waals surface area contributed by atoms with Gasteiger partial charge < -0.3 is 15.5 Å². The van der Waals surface area contributed by atoms with Gasteiger partial charge in [0.1, 0.15) is 6.17 Å². The Morgan fingerprint density at radius 3 is 2.44 bits per heavy atom. The maximum absolute atomic E-state index is 14.4. The smallest absolute Gasteiger partial charge is 0.251 e. The second-order valence-electron chi connectivity index (χ2n) is 8.82. The van der Waals surface area contributed by atoms with Crippen LogP contribution in [0.4, 0.5) is 14.5 Å². The van der Waals surface area contributed by atoms with Crippen molar-refractivity contribution in [1.82, 2.24) is 10.2 Å². The SMILES string of the molecule is C/C=C\N(C)C(Nc1ccc(C(=O)NCCC)c(CC)c1)C(C)=N/C=C(\C)c1ccc(C)c(F)c1F. The van der Waals surface area contributed by atoms with E-state index in [2.05, 4.69) is 15.6 Å². The number of amides is 1. The van der Waals surface area contributed by atoms with Crippen LogP contribution in [0, 0.1) is 18.6 Å². The van der Waals surface area contributed by atoms with E-state index in [0.717, 1.165) is 23.4 Å². The lowest BCUT2D eigenvalue weighted by molar-refractivity contribution is 0.0953. The number of hydrogen-bond donors (Lipinski definition) is 2. The molecule has 0 fully saturated rings. The summed E-state index contributed by atoms with van der Waals surface area (Å²) in [7, 11) is 1.93. The molecule has 5 nitrogen and oxygen atoms in total. The molecule has 0 saturated carbocycles. The van der Waals surface area contributed by atoms with Crippen LogP contribution in [0.3, 0.4) is 0 Å². The number of carbonyl (C=O) groups is 1. The number of aryl methyl sites for hydroxylation is 2. The van der Waals surface area contributed by atoms with Gasteiger partial charge in [0.15, 0.2) is 11.6 Å². The van der Waals surface area contributed by atoms with E-state index in [0.29, 0.717) is 24.1 Å². The van der Waals surface area contributed by atoms with Crippen LogP contribution in [0.1, 0.15) is 68.1 Å². The molecule has 0 radical (unpaired) electrons. The Kier molecular flexibility index (Phi) is 10.8. The van der Waals surface area contributed by atoms with Crippen LogP contribution in [0.2, 0.25) is 0 Å². The maximum Gasteiger partial charge on any atom is 0.251 e. The van der Waals surface area contributed by atoms with Crippen molar-refractivity contribution < 1.29 is 13.6 Å². The van der Waals surface area contributed by atoms with Gasteiger partial charge in [0, 0.05) is 36.6 Å². The van der Waals surface area contributed by atoms with Crippen molar-refractivity contribution in [2.75, 3.05) is 18.9 Å². The van der Waals surface area contributed by atoms with Gasteiger partial charge in [-0.3, -0.25) is 9.79 Å². The standard InChI is InChI=1S/C29H38F2N4O/c1-8-15-32-29(36)25-14-12-23(17-22(25)10-3)34-28(35(7)16-9-2)21(6)33-18-20(5)24-13-11-19(4)26(30)27(24)31/h9,11-14,16-18,28,34H,8,10,15H2,1-7H3,(H,32,36)/b16-9-,20-18+,33-21?. The lowest BCUT2D eigenvalue weighted by Crippen LogP contribution is -2.40. The van der Waals surface area contributed by atoms with E-state index in [4.69, 9.17) is 0 Å². The van der Waals surface area contributed by atoms with Crippen LogP contribution < -0.4 is 10.6 Å². The molecule has 1 atom stereocenters. The zero-order valence-electron chi connectivity index (χ0n) is 22.4. The van der Waals surface area contributed by atoms with Crippen molar-refractivity contribution in [3.05, 3.63) is 82.7 Å². The fraction of sp³-hybridized carbons (Fsp3) is 0.379. The molecular weight excluding hydrogens is 458 g/mol. The number of rotatable bonds is 11. The first-order valence-electron chi connectivity index (χ1n) is 12.3. The summed E-state index contributed by atoms with van der Waals surface area (Å²) in [6.45, 7) is 11.7. The first-order chi connectivity index (χ1) is 17.1. The Morgan fingerprint density at radius 2 is 1.81 bits per heavy atom. The van der Waals surface area contributed by atoms with E-state index in [1.807, 2.05) is 70.1 Å². The summed E-state index contributed by atoms with van der Waals surface area (Å²) in [4.78, 5) is 19.1. The third-order valence-electron chi connectivity index (χ3n) is 5.92. The van der Waals surface area contributed by atoms with Crippen LogP contribution in [-0.4, -0.2) is 36.3 Å². The van der Waals surface area contributed by atoms with Gasteiger partial charge >= 0.3 is 0 Å². The van der Waals surface area contributed by atoms with Gasteiger partial charge in [-0.05, 0) is 81.6 Å². The second kappa shape index (κ2) is 13.6. The topological polar surface area (TPSA) is 56.7 Å². The molecule has 194 valence electrons. The summed E-state index contributed by atoms with van der Waals surface area (Å²) >= 11 is 0. The van der Waals surface area contributed by atoms with E-state index >= 15 is 0 Å². The summed E-state index contributed by atoms with van der Waals surface area (Å²) in [5.41, 5.74) is 4.17. The predicted octanol–water partition coefficient (Wildman–Crippen LogP) is 6.70. The number of nitrogens with one attached hydrogen (secondary N) is 2. The molecule has 0 aliphatic heterocycles. The number of benzene rings is 2. The molecule has 36 heavy (non-hydrogen) atoms. The third kappa shape index (κ3) is 7.26. The van der Waals surface area contributed by atoms with Crippen LogP contribution in [0.5, 0.6) is 0 Å². The Hall–Kier alpha value is -3.48. The fourth-order valence-electron chi connectivity index (χ4n) is 3.80. The van der Waals surface area contributed by atoms with Gasteiger partial charge in [0.25, 0.3) is 5.91 Å². The van der Waals surface area contributed by atoms with Crippen LogP contribution in [0.15, 0.2) is 53.8 Å². The van der Waals surface area contributed by atoms with Gasteiger partial charge in [-0.25, -0.2) is 8.78 Å². The van der Waals surface area contributed by atoms with Crippen LogP contribution >= 0.6 is 0 Å². The van der Waals surface area contributed by atoms with Crippen LogP contribution in [-0.2, 0) is 6.42 Å². The van der Waals surface area contributed by atoms with E-state index in [-0.39, 0.29) is 23.2 Å². The Balaban J connectivity index is 2.36. The van der Waals surface area contributed by atoms with Crippen molar-refractivity contribution in [1.29, 1.82) is 0 Å². The fourth-order valence-corrected chi connectivity index (χ4v) is 3.80. The second-order valence-corrected chi connectivity index (χ2v) is 8.82. The third-order valence-corrected chi connectivity index (χ3v) is 5.92. The number of carbonyl (C=O) groups excluding carboxylic acids is 1. The summed E-state index contributed by atoms with van der Waals surface area (Å²) in [6.07, 6.45) is 6.69. The highest BCUT2D eigenvalue weighted by molar-refractivity contribution is 5.96. The normalized spacial score (nSPS) is 13.1. The minimum absolute atomic E-state index is 0.0686. The lowest BCUT2D eigenvalue weighted by Gasteiger charge is -2.29.